The third-order valence-electron chi connectivity index (χ3n) is 4.14. The molecule has 0 bridgehead atoms. The molecule has 0 aromatic heterocycles. The molecule has 27 heavy (non-hydrogen) atoms. The molecule has 0 heterocycles. The maximum Gasteiger partial charge on any atom is 0.309 e. The van der Waals surface area contributed by atoms with Gasteiger partial charge < -0.3 is 9.47 Å². The molecule has 0 radical (unpaired) electrons. The molecule has 0 amide bonds. The van der Waals surface area contributed by atoms with Crippen LogP contribution in [0.25, 0.3) is 0 Å². The van der Waals surface area contributed by atoms with Crippen LogP contribution in [0.1, 0.15) is 66.4 Å². The van der Waals surface area contributed by atoms with Gasteiger partial charge in [-0.3, -0.25) is 9.59 Å². The Bertz CT molecular complexity index is 667. The summed E-state index contributed by atoms with van der Waals surface area (Å²) < 4.78 is 25.2. The van der Waals surface area contributed by atoms with E-state index in [2.05, 4.69) is 0 Å². The van der Waals surface area contributed by atoms with Crippen molar-refractivity contribution in [1.29, 1.82) is 0 Å². The average molecular weight is 401 g/mol. The van der Waals surface area contributed by atoms with Gasteiger partial charge in [0.25, 0.3) is 0 Å². The maximum atomic E-state index is 14.4. The van der Waals surface area contributed by atoms with Gasteiger partial charge in [0.15, 0.2) is 0 Å². The predicted molar refractivity (Wildman–Crippen MR) is 104 cm³/mol. The van der Waals surface area contributed by atoms with Crippen molar-refractivity contribution in [3.8, 4) is 0 Å². The van der Waals surface area contributed by atoms with Crippen molar-refractivity contribution >= 4 is 23.5 Å². The maximum absolute atomic E-state index is 14.4. The Morgan fingerprint density at radius 3 is 2.22 bits per heavy atom. The first-order chi connectivity index (χ1) is 12.3. The van der Waals surface area contributed by atoms with Crippen LogP contribution >= 0.6 is 11.6 Å². The van der Waals surface area contributed by atoms with Crippen molar-refractivity contribution in [3.05, 3.63) is 34.6 Å². The highest BCUT2D eigenvalue weighted by molar-refractivity contribution is 6.30. The Labute approximate surface area is 166 Å². The zero-order valence-corrected chi connectivity index (χ0v) is 17.9. The molecule has 0 spiro atoms. The van der Waals surface area contributed by atoms with E-state index in [1.165, 1.54) is 6.07 Å². The lowest BCUT2D eigenvalue weighted by Crippen LogP contribution is -2.31. The van der Waals surface area contributed by atoms with Gasteiger partial charge in [0.1, 0.15) is 17.5 Å². The minimum atomic E-state index is -0.648. The molecular weight excluding hydrogens is 371 g/mol. The highest BCUT2D eigenvalue weighted by Crippen LogP contribution is 2.33. The molecule has 0 fully saturated rings. The Morgan fingerprint density at radius 1 is 1.15 bits per heavy atom. The van der Waals surface area contributed by atoms with Gasteiger partial charge in [-0.05, 0) is 51.3 Å². The summed E-state index contributed by atoms with van der Waals surface area (Å²) in [4.78, 5) is 24.3. The number of halogens is 2. The first kappa shape index (κ1) is 23.4. The van der Waals surface area contributed by atoms with Gasteiger partial charge >= 0.3 is 11.9 Å². The number of rotatable bonds is 7. The van der Waals surface area contributed by atoms with Gasteiger partial charge in [0.05, 0.1) is 12.3 Å². The van der Waals surface area contributed by atoms with Crippen molar-refractivity contribution in [3.63, 3.8) is 0 Å². The lowest BCUT2D eigenvalue weighted by Gasteiger charge is -2.29. The molecule has 1 aromatic rings. The normalized spacial score (nSPS) is 15.2. The number of carbonyl (C=O) groups is 2. The molecule has 0 saturated heterocycles. The van der Waals surface area contributed by atoms with Crippen molar-refractivity contribution in [2.45, 2.75) is 72.5 Å². The van der Waals surface area contributed by atoms with E-state index in [1.54, 1.807) is 46.8 Å². The molecule has 0 saturated carbocycles. The molecule has 0 aliphatic carbocycles. The molecule has 0 aliphatic heterocycles. The van der Waals surface area contributed by atoms with Crippen LogP contribution in [0, 0.1) is 17.7 Å². The minimum Gasteiger partial charge on any atom is -0.462 e. The summed E-state index contributed by atoms with van der Waals surface area (Å²) >= 11 is 5.83. The van der Waals surface area contributed by atoms with Crippen molar-refractivity contribution in [1.82, 2.24) is 0 Å². The number of hydrogen-bond acceptors (Lipinski definition) is 4. The molecule has 0 N–H and O–H groups in total. The quantitative estimate of drug-likeness (QED) is 0.565. The van der Waals surface area contributed by atoms with Crippen LogP contribution in [-0.4, -0.2) is 23.6 Å². The Morgan fingerprint density at radius 2 is 1.74 bits per heavy atom. The number of ether oxygens (including phenoxy) is 2. The van der Waals surface area contributed by atoms with Crippen LogP contribution < -0.4 is 0 Å². The summed E-state index contributed by atoms with van der Waals surface area (Å²) in [6.45, 7) is 12.5. The van der Waals surface area contributed by atoms with E-state index in [0.717, 1.165) is 0 Å². The van der Waals surface area contributed by atoms with Crippen molar-refractivity contribution in [2.24, 2.45) is 11.8 Å². The fraction of sp³-hybridized carbons (Fsp3) is 0.619. The van der Waals surface area contributed by atoms with E-state index in [1.807, 2.05) is 13.8 Å². The van der Waals surface area contributed by atoms with Gasteiger partial charge in [0, 0.05) is 10.9 Å². The summed E-state index contributed by atoms with van der Waals surface area (Å²) in [5.74, 6) is -2.34. The highest BCUT2D eigenvalue weighted by Gasteiger charge is 2.30. The van der Waals surface area contributed by atoms with Crippen LogP contribution in [0.4, 0.5) is 4.39 Å². The standard InChI is InChI=1S/C21H30ClFO4/c1-12(2)19(16-9-8-15(22)11-17(16)23)14(4)26-20(25)13(3)10-18(24)27-21(5,6)7/h8-9,11-14,19H,10H2,1-7H3/t13-,14+,19-/m1/s1. The first-order valence-electron chi connectivity index (χ1n) is 9.19. The summed E-state index contributed by atoms with van der Waals surface area (Å²) in [6, 6.07) is 4.50. The molecule has 152 valence electrons. The van der Waals surface area contributed by atoms with Crippen molar-refractivity contribution < 1.29 is 23.5 Å². The topological polar surface area (TPSA) is 52.6 Å². The zero-order chi connectivity index (χ0) is 20.9. The third-order valence-corrected chi connectivity index (χ3v) is 4.38. The largest absolute Gasteiger partial charge is 0.462 e. The van der Waals surface area contributed by atoms with Gasteiger partial charge in [-0.15, -0.1) is 0 Å². The van der Waals surface area contributed by atoms with E-state index in [0.29, 0.717) is 10.6 Å². The monoisotopic (exact) mass is 400 g/mol. The number of esters is 2. The molecule has 0 aliphatic rings. The van der Waals surface area contributed by atoms with Gasteiger partial charge in [-0.2, -0.15) is 0 Å². The molecular formula is C21H30ClFO4. The van der Waals surface area contributed by atoms with E-state index >= 15 is 0 Å². The second-order valence-electron chi connectivity index (χ2n) is 8.27. The van der Waals surface area contributed by atoms with Crippen molar-refractivity contribution in [2.75, 3.05) is 0 Å². The van der Waals surface area contributed by atoms with E-state index in [4.69, 9.17) is 21.1 Å². The lowest BCUT2D eigenvalue weighted by molar-refractivity contribution is -0.163. The highest BCUT2D eigenvalue weighted by atomic mass is 35.5. The Hall–Kier alpha value is -1.62. The van der Waals surface area contributed by atoms with Gasteiger partial charge in [-0.1, -0.05) is 38.4 Å². The second-order valence-corrected chi connectivity index (χ2v) is 8.71. The lowest BCUT2D eigenvalue weighted by atomic mass is 9.84. The summed E-state index contributed by atoms with van der Waals surface area (Å²) in [5.41, 5.74) is -0.155. The summed E-state index contributed by atoms with van der Waals surface area (Å²) in [6.07, 6.45) is -0.626. The fourth-order valence-electron chi connectivity index (χ4n) is 3.02. The van der Waals surface area contributed by atoms with E-state index < -0.39 is 35.4 Å². The van der Waals surface area contributed by atoms with E-state index in [-0.39, 0.29) is 18.3 Å². The van der Waals surface area contributed by atoms with E-state index in [9.17, 15) is 14.0 Å². The Kier molecular flexibility index (Phi) is 8.27. The molecule has 1 rings (SSSR count). The number of carbonyl (C=O) groups excluding carboxylic acids is 2. The SMILES string of the molecule is CC(C)[C@@H](c1ccc(Cl)cc1F)[C@H](C)OC(=O)[C@H](C)CC(=O)OC(C)(C)C. The number of benzene rings is 1. The first-order valence-corrected chi connectivity index (χ1v) is 9.57. The Balaban J connectivity index is 2.82. The molecule has 1 aromatic carbocycles. The second kappa shape index (κ2) is 9.54. The van der Waals surface area contributed by atoms with Crippen LogP contribution in [-0.2, 0) is 19.1 Å². The van der Waals surface area contributed by atoms with Crippen LogP contribution in [0.2, 0.25) is 5.02 Å². The smallest absolute Gasteiger partial charge is 0.309 e. The van der Waals surface area contributed by atoms with Gasteiger partial charge in [0.2, 0.25) is 0 Å². The third kappa shape index (κ3) is 7.49. The summed E-state index contributed by atoms with van der Waals surface area (Å²) in [5, 5.41) is 0.314. The van der Waals surface area contributed by atoms with Crippen LogP contribution in [0.5, 0.6) is 0 Å². The van der Waals surface area contributed by atoms with Gasteiger partial charge in [-0.25, -0.2) is 4.39 Å². The predicted octanol–water partition coefficient (Wildman–Crippen LogP) is 5.52. The average Bonchev–Trinajstić information content (AvgIpc) is 2.47. The van der Waals surface area contributed by atoms with Crippen LogP contribution in [0.15, 0.2) is 18.2 Å². The zero-order valence-electron chi connectivity index (χ0n) is 17.1. The molecule has 6 heteroatoms. The fourth-order valence-corrected chi connectivity index (χ4v) is 3.17. The summed E-state index contributed by atoms with van der Waals surface area (Å²) in [7, 11) is 0. The molecule has 3 atom stereocenters. The van der Waals surface area contributed by atoms with Crippen LogP contribution in [0.3, 0.4) is 0 Å². The molecule has 4 nitrogen and oxygen atoms in total. The molecule has 0 unspecified atom stereocenters. The number of hydrogen-bond donors (Lipinski definition) is 0. The minimum absolute atomic E-state index is 0.0321.